The standard InChI is InChI=1S/C25H21N3O/c1-28(2)20-13-14-21-23(15-20)29-25(27-17-18-9-5-3-6-10-18)22(16-26)24(21)19-11-7-4-8-12-19/h3-15,17,24H,1-2H3/b27-17+. The fraction of sp³-hybridized carbons (Fsp3) is 0.120. The Kier molecular flexibility index (Phi) is 5.13. The topological polar surface area (TPSA) is 48.6 Å². The number of allylic oxidation sites excluding steroid dienone is 1. The van der Waals surface area contributed by atoms with Crippen molar-refractivity contribution in [3.05, 3.63) is 107 Å². The third-order valence-corrected chi connectivity index (χ3v) is 4.93. The van der Waals surface area contributed by atoms with Gasteiger partial charge in [0.25, 0.3) is 0 Å². The van der Waals surface area contributed by atoms with E-state index in [1.54, 1.807) is 6.21 Å². The second-order valence-electron chi connectivity index (χ2n) is 7.06. The van der Waals surface area contributed by atoms with Gasteiger partial charge in [0, 0.05) is 37.6 Å². The Balaban J connectivity index is 1.85. The van der Waals surface area contributed by atoms with E-state index in [9.17, 15) is 5.26 Å². The zero-order chi connectivity index (χ0) is 20.2. The van der Waals surface area contributed by atoms with Crippen molar-refractivity contribution in [1.29, 1.82) is 5.26 Å². The Labute approximate surface area is 171 Å². The minimum absolute atomic E-state index is 0.218. The summed E-state index contributed by atoms with van der Waals surface area (Å²) in [5.41, 5.74) is 4.50. The molecule has 0 saturated heterocycles. The number of rotatable bonds is 4. The van der Waals surface area contributed by atoms with Crippen LogP contribution in [-0.2, 0) is 0 Å². The molecule has 1 atom stereocenters. The summed E-state index contributed by atoms with van der Waals surface area (Å²) in [5.74, 6) is 0.849. The SMILES string of the molecule is CN(C)c1ccc2c(c1)OC(/N=C/c1ccccc1)=C(C#N)C2c1ccccc1. The van der Waals surface area contributed by atoms with E-state index in [1.165, 1.54) is 0 Å². The van der Waals surface area contributed by atoms with Gasteiger partial charge in [-0.05, 0) is 17.2 Å². The van der Waals surface area contributed by atoms with E-state index in [4.69, 9.17) is 4.74 Å². The molecular weight excluding hydrogens is 358 g/mol. The molecular formula is C25H21N3O. The van der Waals surface area contributed by atoms with Crippen molar-refractivity contribution in [2.24, 2.45) is 4.99 Å². The number of aliphatic imine (C=N–C) groups is 1. The van der Waals surface area contributed by atoms with Crippen LogP contribution in [0.4, 0.5) is 5.69 Å². The first-order valence-corrected chi connectivity index (χ1v) is 9.45. The van der Waals surface area contributed by atoms with Crippen LogP contribution in [-0.4, -0.2) is 20.3 Å². The number of nitrogens with zero attached hydrogens (tertiary/aromatic N) is 3. The van der Waals surface area contributed by atoms with Crippen LogP contribution in [0.15, 0.2) is 95.3 Å². The Morgan fingerprint density at radius 1 is 0.966 bits per heavy atom. The summed E-state index contributed by atoms with van der Waals surface area (Å²) in [5, 5.41) is 9.99. The zero-order valence-corrected chi connectivity index (χ0v) is 16.4. The van der Waals surface area contributed by atoms with Crippen molar-refractivity contribution in [3.8, 4) is 11.8 Å². The molecule has 142 valence electrons. The van der Waals surface area contributed by atoms with Gasteiger partial charge in [0.1, 0.15) is 17.4 Å². The molecule has 1 aliphatic rings. The van der Waals surface area contributed by atoms with E-state index in [0.717, 1.165) is 28.1 Å². The van der Waals surface area contributed by atoms with E-state index < -0.39 is 0 Å². The van der Waals surface area contributed by atoms with Gasteiger partial charge in [-0.25, -0.2) is 4.99 Å². The monoisotopic (exact) mass is 379 g/mol. The molecule has 0 N–H and O–H groups in total. The molecule has 4 heteroatoms. The van der Waals surface area contributed by atoms with Crippen molar-refractivity contribution in [2.75, 3.05) is 19.0 Å². The average Bonchev–Trinajstić information content (AvgIpc) is 2.77. The number of benzene rings is 3. The lowest BCUT2D eigenvalue weighted by atomic mass is 9.83. The summed E-state index contributed by atoms with van der Waals surface area (Å²) < 4.78 is 6.13. The van der Waals surface area contributed by atoms with Gasteiger partial charge in [-0.15, -0.1) is 0 Å². The quantitative estimate of drug-likeness (QED) is 0.590. The largest absolute Gasteiger partial charge is 0.438 e. The van der Waals surface area contributed by atoms with E-state index in [-0.39, 0.29) is 5.92 Å². The highest BCUT2D eigenvalue weighted by Gasteiger charge is 2.31. The van der Waals surface area contributed by atoms with Gasteiger partial charge < -0.3 is 9.64 Å². The summed E-state index contributed by atoms with van der Waals surface area (Å²) in [4.78, 5) is 6.58. The molecule has 1 aliphatic heterocycles. The Morgan fingerprint density at radius 2 is 1.66 bits per heavy atom. The molecule has 1 heterocycles. The lowest BCUT2D eigenvalue weighted by Crippen LogP contribution is -2.17. The van der Waals surface area contributed by atoms with Gasteiger partial charge in [0.05, 0.1) is 5.92 Å². The molecule has 0 bridgehead atoms. The van der Waals surface area contributed by atoms with Gasteiger partial charge in [0.2, 0.25) is 5.88 Å². The third kappa shape index (κ3) is 3.76. The molecule has 1 unspecified atom stereocenters. The van der Waals surface area contributed by atoms with E-state index >= 15 is 0 Å². The highest BCUT2D eigenvalue weighted by atomic mass is 16.5. The van der Waals surface area contributed by atoms with Gasteiger partial charge in [-0.2, -0.15) is 5.26 Å². The maximum atomic E-state index is 9.99. The van der Waals surface area contributed by atoms with Crippen LogP contribution >= 0.6 is 0 Å². The lowest BCUT2D eigenvalue weighted by molar-refractivity contribution is 0.395. The fourth-order valence-corrected chi connectivity index (χ4v) is 3.44. The van der Waals surface area contributed by atoms with E-state index in [1.807, 2.05) is 97.9 Å². The third-order valence-electron chi connectivity index (χ3n) is 4.93. The van der Waals surface area contributed by atoms with Crippen LogP contribution in [0.2, 0.25) is 0 Å². The minimum atomic E-state index is -0.218. The van der Waals surface area contributed by atoms with Gasteiger partial charge in [-0.1, -0.05) is 66.7 Å². The Hall–Kier alpha value is -3.84. The summed E-state index contributed by atoms with van der Waals surface area (Å²) in [7, 11) is 3.98. The zero-order valence-electron chi connectivity index (χ0n) is 16.4. The molecule has 4 rings (SSSR count). The second-order valence-corrected chi connectivity index (χ2v) is 7.06. The maximum absolute atomic E-state index is 9.99. The van der Waals surface area contributed by atoms with E-state index in [2.05, 4.69) is 11.1 Å². The van der Waals surface area contributed by atoms with Crippen molar-refractivity contribution in [2.45, 2.75) is 5.92 Å². The first kappa shape index (κ1) is 18.5. The molecule has 0 fully saturated rings. The van der Waals surface area contributed by atoms with Crippen LogP contribution in [0.5, 0.6) is 5.75 Å². The molecule has 0 spiro atoms. The summed E-state index contributed by atoms with van der Waals surface area (Å²) >= 11 is 0. The highest BCUT2D eigenvalue weighted by Crippen LogP contribution is 2.44. The van der Waals surface area contributed by atoms with Crippen LogP contribution in [0, 0.1) is 11.3 Å². The second kappa shape index (κ2) is 8.04. The van der Waals surface area contributed by atoms with Gasteiger partial charge in [0.15, 0.2) is 0 Å². The molecule has 0 amide bonds. The molecule has 3 aromatic carbocycles. The van der Waals surface area contributed by atoms with Crippen molar-refractivity contribution >= 4 is 11.9 Å². The highest BCUT2D eigenvalue weighted by molar-refractivity contribution is 5.80. The minimum Gasteiger partial charge on any atom is -0.438 e. The van der Waals surface area contributed by atoms with Crippen LogP contribution in [0.1, 0.15) is 22.6 Å². The number of fused-ring (bicyclic) bond motifs is 1. The first-order chi connectivity index (χ1) is 14.2. The molecule has 3 aromatic rings. The van der Waals surface area contributed by atoms with Crippen molar-refractivity contribution in [3.63, 3.8) is 0 Å². The number of anilines is 1. The van der Waals surface area contributed by atoms with Crippen molar-refractivity contribution in [1.82, 2.24) is 0 Å². The predicted molar refractivity (Wildman–Crippen MR) is 116 cm³/mol. The molecule has 29 heavy (non-hydrogen) atoms. The number of nitriles is 1. The molecule has 0 saturated carbocycles. The van der Waals surface area contributed by atoms with E-state index in [0.29, 0.717) is 11.5 Å². The average molecular weight is 379 g/mol. The number of hydrogen-bond donors (Lipinski definition) is 0. The number of ether oxygens (including phenoxy) is 1. The molecule has 0 radical (unpaired) electrons. The van der Waals surface area contributed by atoms with Gasteiger partial charge in [-0.3, -0.25) is 0 Å². The summed E-state index contributed by atoms with van der Waals surface area (Å²) in [6, 6.07) is 28.2. The lowest BCUT2D eigenvalue weighted by Gasteiger charge is -2.27. The summed E-state index contributed by atoms with van der Waals surface area (Å²) in [6.07, 6.45) is 1.73. The maximum Gasteiger partial charge on any atom is 0.234 e. The Morgan fingerprint density at radius 3 is 2.31 bits per heavy atom. The van der Waals surface area contributed by atoms with Crippen LogP contribution in [0.25, 0.3) is 0 Å². The number of hydrogen-bond acceptors (Lipinski definition) is 4. The summed E-state index contributed by atoms with van der Waals surface area (Å²) in [6.45, 7) is 0. The Bertz CT molecular complexity index is 1110. The van der Waals surface area contributed by atoms with Crippen LogP contribution < -0.4 is 9.64 Å². The molecule has 0 aromatic heterocycles. The normalized spacial score (nSPS) is 15.6. The predicted octanol–water partition coefficient (Wildman–Crippen LogP) is 5.13. The smallest absolute Gasteiger partial charge is 0.234 e. The molecule has 0 aliphatic carbocycles. The first-order valence-electron chi connectivity index (χ1n) is 9.45. The molecule has 4 nitrogen and oxygen atoms in total. The van der Waals surface area contributed by atoms with Crippen LogP contribution in [0.3, 0.4) is 0 Å². The van der Waals surface area contributed by atoms with Crippen molar-refractivity contribution < 1.29 is 4.74 Å². The van der Waals surface area contributed by atoms with Gasteiger partial charge >= 0.3 is 0 Å². The fourth-order valence-electron chi connectivity index (χ4n) is 3.44.